The summed E-state index contributed by atoms with van der Waals surface area (Å²) in [4.78, 5) is 14.0. The van der Waals surface area contributed by atoms with E-state index in [1.54, 1.807) is 0 Å². The average molecular weight is 325 g/mol. The molecule has 128 valence electrons. The molecule has 24 heavy (non-hydrogen) atoms. The molecular weight excluding hydrogens is 298 g/mol. The molecule has 0 saturated carbocycles. The minimum atomic E-state index is 0.0517. The van der Waals surface area contributed by atoms with Crippen LogP contribution in [-0.2, 0) is 11.3 Å². The summed E-state index contributed by atoms with van der Waals surface area (Å²) < 4.78 is 0. The molecule has 4 nitrogen and oxygen atoms in total. The van der Waals surface area contributed by atoms with E-state index < -0.39 is 0 Å². The predicted octanol–water partition coefficient (Wildman–Crippen LogP) is 3.59. The number of nitrogens with two attached hydrogens (primary N) is 1. The highest BCUT2D eigenvalue weighted by Crippen LogP contribution is 2.24. The zero-order valence-electron chi connectivity index (χ0n) is 14.5. The van der Waals surface area contributed by atoms with Crippen molar-refractivity contribution in [1.29, 1.82) is 0 Å². The van der Waals surface area contributed by atoms with E-state index in [1.165, 1.54) is 5.69 Å². The Morgan fingerprint density at radius 1 is 1.08 bits per heavy atom. The van der Waals surface area contributed by atoms with E-state index in [1.807, 2.05) is 25.1 Å². The van der Waals surface area contributed by atoms with Gasteiger partial charge in [0.05, 0.1) is 0 Å². The van der Waals surface area contributed by atoms with E-state index in [-0.39, 0.29) is 11.9 Å². The van der Waals surface area contributed by atoms with E-state index in [4.69, 9.17) is 5.73 Å². The molecule has 0 aliphatic heterocycles. The van der Waals surface area contributed by atoms with Gasteiger partial charge in [-0.25, -0.2) is 0 Å². The molecule has 1 atom stereocenters. The number of para-hydroxylation sites is 1. The van der Waals surface area contributed by atoms with Gasteiger partial charge in [-0.2, -0.15) is 0 Å². The van der Waals surface area contributed by atoms with Gasteiger partial charge < -0.3 is 16.0 Å². The Labute approximate surface area is 144 Å². The number of hydrogen-bond donors (Lipinski definition) is 2. The van der Waals surface area contributed by atoms with Crippen LogP contribution in [0.3, 0.4) is 0 Å². The van der Waals surface area contributed by atoms with Crippen molar-refractivity contribution >= 4 is 17.3 Å². The van der Waals surface area contributed by atoms with Crippen molar-refractivity contribution in [3.63, 3.8) is 0 Å². The van der Waals surface area contributed by atoms with E-state index in [0.29, 0.717) is 19.4 Å². The highest BCUT2D eigenvalue weighted by Gasteiger charge is 2.07. The molecule has 0 bridgehead atoms. The molecule has 2 rings (SSSR count). The number of anilines is 2. The summed E-state index contributed by atoms with van der Waals surface area (Å²) in [6.45, 7) is 5.50. The first-order chi connectivity index (χ1) is 11.6. The summed E-state index contributed by atoms with van der Waals surface area (Å²) in [5.74, 6) is 0.0517. The fourth-order valence-electron chi connectivity index (χ4n) is 2.56. The number of carbonyl (C=O) groups is 1. The first-order valence-electron chi connectivity index (χ1n) is 8.54. The molecule has 4 heteroatoms. The first-order valence-corrected chi connectivity index (χ1v) is 8.54. The summed E-state index contributed by atoms with van der Waals surface area (Å²) >= 11 is 0. The summed E-state index contributed by atoms with van der Waals surface area (Å²) in [5.41, 5.74) is 9.09. The van der Waals surface area contributed by atoms with Crippen molar-refractivity contribution in [1.82, 2.24) is 5.32 Å². The van der Waals surface area contributed by atoms with Gasteiger partial charge in [0.1, 0.15) is 0 Å². The molecule has 2 aromatic carbocycles. The third-order valence-corrected chi connectivity index (χ3v) is 3.95. The maximum Gasteiger partial charge on any atom is 0.220 e. The van der Waals surface area contributed by atoms with Crippen molar-refractivity contribution in [3.05, 3.63) is 60.2 Å². The number of nitrogens with one attached hydrogen (secondary N) is 1. The predicted molar refractivity (Wildman–Crippen MR) is 100 cm³/mol. The topological polar surface area (TPSA) is 58.4 Å². The second-order valence-electron chi connectivity index (χ2n) is 6.04. The van der Waals surface area contributed by atoms with Crippen molar-refractivity contribution in [2.45, 2.75) is 39.3 Å². The van der Waals surface area contributed by atoms with Crippen LogP contribution in [-0.4, -0.2) is 18.5 Å². The summed E-state index contributed by atoms with van der Waals surface area (Å²) in [6.07, 6.45) is 1.20. The van der Waals surface area contributed by atoms with Gasteiger partial charge in [-0.15, -0.1) is 0 Å². The molecule has 0 saturated heterocycles. The molecule has 1 unspecified atom stereocenters. The lowest BCUT2D eigenvalue weighted by Crippen LogP contribution is -2.25. The van der Waals surface area contributed by atoms with Gasteiger partial charge in [-0.3, -0.25) is 4.79 Å². The Morgan fingerprint density at radius 3 is 2.29 bits per heavy atom. The number of nitrogens with zero attached hydrogens (tertiary/aromatic N) is 1. The van der Waals surface area contributed by atoms with Crippen molar-refractivity contribution < 1.29 is 4.79 Å². The minimum absolute atomic E-state index is 0.0517. The van der Waals surface area contributed by atoms with E-state index in [2.05, 4.69) is 53.5 Å². The van der Waals surface area contributed by atoms with Gasteiger partial charge in [0.25, 0.3) is 0 Å². The first kappa shape index (κ1) is 18.0. The lowest BCUT2D eigenvalue weighted by atomic mass is 10.1. The number of amides is 1. The molecular formula is C20H27N3O. The molecule has 3 N–H and O–H groups in total. The molecule has 2 aromatic rings. The minimum Gasteiger partial charge on any atom is -0.352 e. The van der Waals surface area contributed by atoms with Crippen molar-refractivity contribution in [3.8, 4) is 0 Å². The van der Waals surface area contributed by atoms with E-state index in [0.717, 1.165) is 17.8 Å². The third kappa shape index (κ3) is 5.39. The molecule has 0 spiro atoms. The molecule has 0 fully saturated rings. The van der Waals surface area contributed by atoms with Gasteiger partial charge in [0.2, 0.25) is 5.91 Å². The van der Waals surface area contributed by atoms with E-state index >= 15 is 0 Å². The Balaban J connectivity index is 1.94. The number of rotatable bonds is 8. The van der Waals surface area contributed by atoms with Crippen molar-refractivity contribution in [2.24, 2.45) is 5.73 Å². The van der Waals surface area contributed by atoms with Crippen molar-refractivity contribution in [2.75, 3.05) is 11.4 Å². The van der Waals surface area contributed by atoms with Gasteiger partial charge >= 0.3 is 0 Å². The second-order valence-corrected chi connectivity index (χ2v) is 6.04. The normalized spacial score (nSPS) is 11.8. The SMILES string of the molecule is CCN(c1ccccc1)c1ccc(CNC(=O)CCC(C)N)cc1. The Kier molecular flexibility index (Phi) is 6.82. The third-order valence-electron chi connectivity index (χ3n) is 3.95. The van der Waals surface area contributed by atoms with Gasteiger partial charge in [-0.1, -0.05) is 30.3 Å². The number of carbonyl (C=O) groups excluding carboxylic acids is 1. The molecule has 1 amide bonds. The van der Waals surface area contributed by atoms with Crippen LogP contribution in [0.5, 0.6) is 0 Å². The van der Waals surface area contributed by atoms with Crippen LogP contribution in [0.2, 0.25) is 0 Å². The molecule has 0 aliphatic carbocycles. The molecule has 0 aliphatic rings. The van der Waals surface area contributed by atoms with Crippen LogP contribution in [0.1, 0.15) is 32.3 Å². The molecule has 0 radical (unpaired) electrons. The van der Waals surface area contributed by atoms with Crippen LogP contribution >= 0.6 is 0 Å². The Bertz CT molecular complexity index is 623. The van der Waals surface area contributed by atoms with Crippen LogP contribution in [0.25, 0.3) is 0 Å². The van der Waals surface area contributed by atoms with Gasteiger partial charge in [-0.05, 0) is 50.1 Å². The highest BCUT2D eigenvalue weighted by molar-refractivity contribution is 5.75. The summed E-state index contributed by atoms with van der Waals surface area (Å²) in [7, 11) is 0. The average Bonchev–Trinajstić information content (AvgIpc) is 2.61. The summed E-state index contributed by atoms with van der Waals surface area (Å²) in [6, 6.07) is 18.7. The Morgan fingerprint density at radius 2 is 1.71 bits per heavy atom. The lowest BCUT2D eigenvalue weighted by molar-refractivity contribution is -0.121. The molecule has 0 heterocycles. The van der Waals surface area contributed by atoms with Crippen LogP contribution in [0, 0.1) is 0 Å². The highest BCUT2D eigenvalue weighted by atomic mass is 16.1. The van der Waals surface area contributed by atoms with Crippen LogP contribution in [0.4, 0.5) is 11.4 Å². The number of benzene rings is 2. The maximum atomic E-state index is 11.8. The smallest absolute Gasteiger partial charge is 0.220 e. The monoisotopic (exact) mass is 325 g/mol. The largest absolute Gasteiger partial charge is 0.352 e. The fourth-order valence-corrected chi connectivity index (χ4v) is 2.56. The quantitative estimate of drug-likeness (QED) is 0.780. The van der Waals surface area contributed by atoms with Gasteiger partial charge in [0.15, 0.2) is 0 Å². The van der Waals surface area contributed by atoms with Crippen LogP contribution < -0.4 is 16.0 Å². The number of hydrogen-bond acceptors (Lipinski definition) is 3. The lowest BCUT2D eigenvalue weighted by Gasteiger charge is -2.23. The Hall–Kier alpha value is -2.33. The standard InChI is InChI=1S/C20H27N3O/c1-3-23(18-7-5-4-6-8-18)19-12-10-17(11-13-19)15-22-20(24)14-9-16(2)21/h4-8,10-13,16H,3,9,14-15,21H2,1-2H3,(H,22,24). The van der Waals surface area contributed by atoms with Crippen LogP contribution in [0.15, 0.2) is 54.6 Å². The van der Waals surface area contributed by atoms with E-state index in [9.17, 15) is 4.79 Å². The fraction of sp³-hybridized carbons (Fsp3) is 0.350. The molecule has 0 aromatic heterocycles. The zero-order chi connectivity index (χ0) is 17.4. The second kappa shape index (κ2) is 9.08. The summed E-state index contributed by atoms with van der Waals surface area (Å²) in [5, 5.41) is 2.94. The van der Waals surface area contributed by atoms with Gasteiger partial charge in [0, 0.05) is 36.9 Å². The zero-order valence-corrected chi connectivity index (χ0v) is 14.5. The maximum absolute atomic E-state index is 11.8.